The molecule has 1 aromatic heterocycles. The van der Waals surface area contributed by atoms with Gasteiger partial charge in [0.25, 0.3) is 10.1 Å². The molecule has 252 valence electrons. The molecule has 1 saturated heterocycles. The first-order valence-electron chi connectivity index (χ1n) is 15.8. The van der Waals surface area contributed by atoms with Gasteiger partial charge in [0.1, 0.15) is 18.2 Å². The van der Waals surface area contributed by atoms with Gasteiger partial charge in [-0.05, 0) is 31.5 Å². The monoisotopic (exact) mass is 698 g/mol. The van der Waals surface area contributed by atoms with E-state index in [4.69, 9.17) is 36.9 Å². The molecule has 4 rings (SSSR count). The van der Waals surface area contributed by atoms with E-state index in [1.165, 1.54) is 18.5 Å². The first-order chi connectivity index (χ1) is 22.1. The van der Waals surface area contributed by atoms with Crippen LogP contribution in [-0.4, -0.2) is 67.4 Å². The minimum Gasteiger partial charge on any atom is -0.490 e. The van der Waals surface area contributed by atoms with Crippen molar-refractivity contribution in [2.75, 3.05) is 37.4 Å². The number of piperidine rings is 1. The molecule has 10 nitrogen and oxygen atoms in total. The lowest BCUT2D eigenvalue weighted by Gasteiger charge is -2.32. The van der Waals surface area contributed by atoms with E-state index in [0.29, 0.717) is 67.2 Å². The minimum atomic E-state index is -3.64. The van der Waals surface area contributed by atoms with Crippen molar-refractivity contribution in [2.24, 2.45) is 0 Å². The quantitative estimate of drug-likeness (QED) is 0.0859. The second-order valence-corrected chi connectivity index (χ2v) is 13.7. The van der Waals surface area contributed by atoms with E-state index in [0.717, 1.165) is 32.1 Å². The summed E-state index contributed by atoms with van der Waals surface area (Å²) >= 11 is 11.9. The summed E-state index contributed by atoms with van der Waals surface area (Å²) < 4.78 is 56.5. The number of fused-ring (bicyclic) bond motifs is 1. The van der Waals surface area contributed by atoms with Crippen LogP contribution in [0.5, 0.6) is 11.5 Å². The number of carbonyl (C=O) groups is 1. The number of halogens is 3. The lowest BCUT2D eigenvalue weighted by molar-refractivity contribution is -0.133. The van der Waals surface area contributed by atoms with Crippen LogP contribution >= 0.6 is 23.2 Å². The zero-order valence-electron chi connectivity index (χ0n) is 26.2. The fourth-order valence-corrected chi connectivity index (χ4v) is 6.53. The average molecular weight is 700 g/mol. The van der Waals surface area contributed by atoms with Crippen LogP contribution in [0, 0.1) is 5.82 Å². The number of ether oxygens (including phenoxy) is 2. The highest BCUT2D eigenvalue weighted by atomic mass is 35.5. The van der Waals surface area contributed by atoms with Crippen LogP contribution in [0.15, 0.2) is 30.6 Å². The van der Waals surface area contributed by atoms with E-state index in [-0.39, 0.29) is 46.5 Å². The molecule has 0 saturated carbocycles. The molecule has 0 atom stereocenters. The van der Waals surface area contributed by atoms with Gasteiger partial charge >= 0.3 is 0 Å². The number of hydrogen-bond acceptors (Lipinski definition) is 9. The van der Waals surface area contributed by atoms with Gasteiger partial charge in [-0.2, -0.15) is 8.42 Å². The van der Waals surface area contributed by atoms with Gasteiger partial charge in [0, 0.05) is 37.4 Å². The maximum atomic E-state index is 14.8. The molecule has 1 aliphatic heterocycles. The Morgan fingerprint density at radius 2 is 1.78 bits per heavy atom. The number of amides is 1. The van der Waals surface area contributed by atoms with E-state index < -0.39 is 15.9 Å². The van der Waals surface area contributed by atoms with E-state index in [1.54, 1.807) is 17.0 Å². The number of hydrogen-bond donors (Lipinski definition) is 1. The molecular weight excluding hydrogens is 658 g/mol. The number of rotatable bonds is 17. The SMILES string of the molecule is CCCCCCCCS(=O)(=O)OCCC(=O)N1CCC(Oc2cc3c(Nc4ccc(Cl)c(Cl)c4F)ncnc3cc2OCC)CC1. The summed E-state index contributed by atoms with van der Waals surface area (Å²) in [7, 11) is -3.64. The van der Waals surface area contributed by atoms with Crippen molar-refractivity contribution in [3.63, 3.8) is 0 Å². The van der Waals surface area contributed by atoms with Gasteiger partial charge in [0.05, 0.1) is 46.6 Å². The van der Waals surface area contributed by atoms with Gasteiger partial charge in [-0.1, -0.05) is 62.2 Å². The van der Waals surface area contributed by atoms with Crippen molar-refractivity contribution in [3.8, 4) is 11.5 Å². The number of unbranched alkanes of at least 4 members (excludes halogenated alkanes) is 5. The Kier molecular flexibility index (Phi) is 13.5. The summed E-state index contributed by atoms with van der Waals surface area (Å²) in [5, 5.41) is 3.45. The van der Waals surface area contributed by atoms with Crippen LogP contribution in [0.4, 0.5) is 15.9 Å². The lowest BCUT2D eigenvalue weighted by Crippen LogP contribution is -2.42. The van der Waals surface area contributed by atoms with Crippen molar-refractivity contribution in [1.29, 1.82) is 0 Å². The second-order valence-electron chi connectivity index (χ2n) is 11.1. The summed E-state index contributed by atoms with van der Waals surface area (Å²) in [5.74, 6) is 0.424. The third kappa shape index (κ3) is 10.0. The third-order valence-electron chi connectivity index (χ3n) is 7.70. The highest BCUT2D eigenvalue weighted by Gasteiger charge is 2.26. The molecule has 14 heteroatoms. The first-order valence-corrected chi connectivity index (χ1v) is 18.1. The Balaban J connectivity index is 1.33. The van der Waals surface area contributed by atoms with Crippen LogP contribution in [0.25, 0.3) is 10.9 Å². The molecule has 0 bridgehead atoms. The summed E-state index contributed by atoms with van der Waals surface area (Å²) in [4.78, 5) is 23.1. The third-order valence-corrected chi connectivity index (χ3v) is 9.80. The molecule has 2 aromatic carbocycles. The number of aromatic nitrogens is 2. The van der Waals surface area contributed by atoms with Crippen LogP contribution < -0.4 is 14.8 Å². The van der Waals surface area contributed by atoms with Crippen LogP contribution in [0.2, 0.25) is 10.0 Å². The van der Waals surface area contributed by atoms with Gasteiger partial charge in [0.2, 0.25) is 5.91 Å². The number of likely N-dealkylation sites (tertiary alicyclic amines) is 1. The molecule has 3 aromatic rings. The van der Waals surface area contributed by atoms with E-state index in [9.17, 15) is 17.6 Å². The summed E-state index contributed by atoms with van der Waals surface area (Å²) in [5.41, 5.74) is 0.661. The Morgan fingerprint density at radius 1 is 1.04 bits per heavy atom. The molecule has 1 aliphatic rings. The number of nitrogens with zero attached hydrogens (tertiary/aromatic N) is 3. The van der Waals surface area contributed by atoms with Gasteiger partial charge < -0.3 is 19.7 Å². The normalized spacial score (nSPS) is 14.1. The van der Waals surface area contributed by atoms with Crippen LogP contribution in [0.1, 0.15) is 71.6 Å². The lowest BCUT2D eigenvalue weighted by atomic mass is 10.1. The Bertz CT molecular complexity index is 1590. The molecule has 1 amide bonds. The molecule has 46 heavy (non-hydrogen) atoms. The Hall–Kier alpha value is -2.93. The topological polar surface area (TPSA) is 120 Å². The van der Waals surface area contributed by atoms with Crippen molar-refractivity contribution >= 4 is 61.6 Å². The number of benzene rings is 2. The fourth-order valence-electron chi connectivity index (χ4n) is 5.21. The molecule has 0 radical (unpaired) electrons. The summed E-state index contributed by atoms with van der Waals surface area (Å²) in [6, 6.07) is 6.45. The van der Waals surface area contributed by atoms with Crippen LogP contribution in [0.3, 0.4) is 0 Å². The van der Waals surface area contributed by atoms with E-state index >= 15 is 0 Å². The van der Waals surface area contributed by atoms with E-state index in [1.807, 2.05) is 6.92 Å². The smallest absolute Gasteiger partial charge is 0.267 e. The molecule has 0 aliphatic carbocycles. The summed E-state index contributed by atoms with van der Waals surface area (Å²) in [6.45, 7) is 5.15. The zero-order chi connectivity index (χ0) is 33.1. The van der Waals surface area contributed by atoms with Crippen molar-refractivity contribution in [1.82, 2.24) is 14.9 Å². The maximum absolute atomic E-state index is 14.8. The Labute approximate surface area is 280 Å². The predicted octanol–water partition coefficient (Wildman–Crippen LogP) is 7.68. The largest absolute Gasteiger partial charge is 0.490 e. The van der Waals surface area contributed by atoms with Gasteiger partial charge in [-0.3, -0.25) is 8.98 Å². The van der Waals surface area contributed by atoms with Crippen LogP contribution in [-0.2, 0) is 19.1 Å². The standard InChI is InChI=1S/C32H41Cl2FN4O6S/c1-3-5-6-7-8-9-18-46(41,42)44-17-14-29(40)39-15-12-22(13-16-39)45-28-19-23-26(20-27(28)43-4-2)36-21-37-32(23)38-25-11-10-24(33)30(34)31(25)35/h10-11,19-22H,3-9,12-18H2,1-2H3,(H,36,37,38). The van der Waals surface area contributed by atoms with Crippen molar-refractivity contribution in [2.45, 2.75) is 77.7 Å². The number of carbonyl (C=O) groups excluding carboxylic acids is 1. The molecule has 0 unspecified atom stereocenters. The molecule has 2 heterocycles. The van der Waals surface area contributed by atoms with Crippen molar-refractivity contribution < 1.29 is 31.3 Å². The van der Waals surface area contributed by atoms with Crippen molar-refractivity contribution in [3.05, 3.63) is 46.5 Å². The maximum Gasteiger partial charge on any atom is 0.267 e. The Morgan fingerprint density at radius 3 is 2.52 bits per heavy atom. The second kappa shape index (κ2) is 17.3. The van der Waals surface area contributed by atoms with E-state index in [2.05, 4.69) is 22.2 Å². The summed E-state index contributed by atoms with van der Waals surface area (Å²) in [6.07, 6.45) is 8.13. The first kappa shape index (κ1) is 35.9. The van der Waals surface area contributed by atoms with Gasteiger partial charge in [-0.15, -0.1) is 0 Å². The number of nitrogens with one attached hydrogen (secondary N) is 1. The molecule has 0 spiro atoms. The average Bonchev–Trinajstić information content (AvgIpc) is 3.04. The molecular formula is C32H41Cl2FN4O6S. The highest BCUT2D eigenvalue weighted by Crippen LogP contribution is 2.38. The van der Waals surface area contributed by atoms with Gasteiger partial charge in [-0.25, -0.2) is 14.4 Å². The minimum absolute atomic E-state index is 0.00435. The zero-order valence-corrected chi connectivity index (χ0v) is 28.5. The number of anilines is 2. The van der Waals surface area contributed by atoms with Gasteiger partial charge in [0.15, 0.2) is 17.3 Å². The molecule has 1 fully saturated rings. The highest BCUT2D eigenvalue weighted by molar-refractivity contribution is 7.86. The predicted molar refractivity (Wildman–Crippen MR) is 178 cm³/mol. The fraction of sp³-hybridized carbons (Fsp3) is 0.531. The molecule has 1 N–H and O–H groups in total.